The number of thiocarbonyl (C=S) groups is 1. The van der Waals surface area contributed by atoms with E-state index in [9.17, 15) is 8.42 Å². The molecule has 1 aromatic rings. The standard InChI is InChI=1S/C17H25N3O3S2/c21-25(22,20-10-12-23-13-11-20)16-8-6-15(7-9-16)19-17(24)18-14-4-2-1-3-5-14/h6-9,14H,1-5,10-13H2,(H2,18,19,24). The van der Waals surface area contributed by atoms with Gasteiger partial charge in [0.1, 0.15) is 0 Å². The predicted octanol–water partition coefficient (Wildman–Crippen LogP) is 2.33. The SMILES string of the molecule is O=S(=O)(c1ccc(NC(=S)NC2CCCCC2)cc1)N1CCOCC1. The zero-order chi connectivity index (χ0) is 17.7. The molecular weight excluding hydrogens is 358 g/mol. The van der Waals surface area contributed by atoms with E-state index in [1.54, 1.807) is 24.3 Å². The van der Waals surface area contributed by atoms with Crippen LogP contribution in [0.15, 0.2) is 29.2 Å². The van der Waals surface area contributed by atoms with Crippen LogP contribution >= 0.6 is 12.2 Å². The number of morpholine rings is 1. The molecule has 6 nitrogen and oxygen atoms in total. The van der Waals surface area contributed by atoms with Crippen molar-refractivity contribution in [3.05, 3.63) is 24.3 Å². The summed E-state index contributed by atoms with van der Waals surface area (Å²) >= 11 is 5.36. The van der Waals surface area contributed by atoms with Crippen molar-refractivity contribution in [1.29, 1.82) is 0 Å². The van der Waals surface area contributed by atoms with Gasteiger partial charge in [0.15, 0.2) is 5.11 Å². The molecule has 8 heteroatoms. The summed E-state index contributed by atoms with van der Waals surface area (Å²) in [6, 6.07) is 7.19. The Kier molecular flexibility index (Phi) is 6.27. The van der Waals surface area contributed by atoms with Gasteiger partial charge in [-0.05, 0) is 49.3 Å². The van der Waals surface area contributed by atoms with E-state index in [0.717, 1.165) is 18.5 Å². The molecule has 2 N–H and O–H groups in total. The van der Waals surface area contributed by atoms with Crippen molar-refractivity contribution in [2.45, 2.75) is 43.0 Å². The minimum absolute atomic E-state index is 0.297. The number of hydrogen-bond donors (Lipinski definition) is 2. The van der Waals surface area contributed by atoms with Crippen molar-refractivity contribution < 1.29 is 13.2 Å². The molecule has 1 saturated heterocycles. The quantitative estimate of drug-likeness (QED) is 0.778. The van der Waals surface area contributed by atoms with Gasteiger partial charge in [-0.25, -0.2) is 8.42 Å². The van der Waals surface area contributed by atoms with Crippen LogP contribution in [-0.2, 0) is 14.8 Å². The molecule has 1 aromatic carbocycles. The number of sulfonamides is 1. The van der Waals surface area contributed by atoms with Crippen molar-refractivity contribution in [3.8, 4) is 0 Å². The lowest BCUT2D eigenvalue weighted by molar-refractivity contribution is 0.0730. The van der Waals surface area contributed by atoms with Gasteiger partial charge < -0.3 is 15.4 Å². The molecule has 1 heterocycles. The Morgan fingerprint density at radius 2 is 1.72 bits per heavy atom. The average Bonchev–Trinajstić information content (AvgIpc) is 2.63. The molecular formula is C17H25N3O3S2. The molecule has 0 aromatic heterocycles. The second-order valence-electron chi connectivity index (χ2n) is 6.47. The molecule has 3 rings (SSSR count). The van der Waals surface area contributed by atoms with E-state index in [2.05, 4.69) is 10.6 Å². The highest BCUT2D eigenvalue weighted by Crippen LogP contribution is 2.20. The number of anilines is 1. The van der Waals surface area contributed by atoms with E-state index in [0.29, 0.717) is 42.4 Å². The van der Waals surface area contributed by atoms with Crippen LogP contribution in [0.2, 0.25) is 0 Å². The van der Waals surface area contributed by atoms with Gasteiger partial charge >= 0.3 is 0 Å². The Hall–Kier alpha value is -1.22. The summed E-state index contributed by atoms with van der Waals surface area (Å²) in [5.41, 5.74) is 0.786. The molecule has 25 heavy (non-hydrogen) atoms. The molecule has 0 atom stereocenters. The topological polar surface area (TPSA) is 70.7 Å². The van der Waals surface area contributed by atoms with Gasteiger partial charge in [0.2, 0.25) is 10.0 Å². The zero-order valence-corrected chi connectivity index (χ0v) is 15.9. The highest BCUT2D eigenvalue weighted by atomic mass is 32.2. The second kappa shape index (κ2) is 8.44. The van der Waals surface area contributed by atoms with Crippen LogP contribution in [0.25, 0.3) is 0 Å². The average molecular weight is 384 g/mol. The fourth-order valence-corrected chi connectivity index (χ4v) is 4.94. The highest BCUT2D eigenvalue weighted by Gasteiger charge is 2.26. The fourth-order valence-electron chi connectivity index (χ4n) is 3.25. The zero-order valence-electron chi connectivity index (χ0n) is 14.2. The Labute approximate surface area is 155 Å². The highest BCUT2D eigenvalue weighted by molar-refractivity contribution is 7.89. The van der Waals surface area contributed by atoms with Gasteiger partial charge in [-0.15, -0.1) is 0 Å². The first-order valence-corrected chi connectivity index (χ1v) is 10.7. The molecule has 0 unspecified atom stereocenters. The predicted molar refractivity (Wildman–Crippen MR) is 102 cm³/mol. The maximum atomic E-state index is 12.6. The van der Waals surface area contributed by atoms with Crippen LogP contribution in [0.3, 0.4) is 0 Å². The maximum absolute atomic E-state index is 12.6. The lowest BCUT2D eigenvalue weighted by Gasteiger charge is -2.26. The third-order valence-corrected chi connectivity index (χ3v) is 6.79. The molecule has 1 saturated carbocycles. The van der Waals surface area contributed by atoms with E-state index >= 15 is 0 Å². The second-order valence-corrected chi connectivity index (χ2v) is 8.82. The third kappa shape index (κ3) is 4.91. The first kappa shape index (κ1) is 18.6. The first-order chi connectivity index (χ1) is 12.1. The van der Waals surface area contributed by atoms with Gasteiger partial charge in [-0.1, -0.05) is 19.3 Å². The van der Waals surface area contributed by atoms with Gasteiger partial charge in [-0.2, -0.15) is 4.31 Å². The lowest BCUT2D eigenvalue weighted by atomic mass is 9.96. The number of ether oxygens (including phenoxy) is 1. The van der Waals surface area contributed by atoms with Crippen molar-refractivity contribution in [2.24, 2.45) is 0 Å². The maximum Gasteiger partial charge on any atom is 0.243 e. The largest absolute Gasteiger partial charge is 0.379 e. The number of hydrogen-bond acceptors (Lipinski definition) is 4. The molecule has 1 aliphatic heterocycles. The van der Waals surface area contributed by atoms with Gasteiger partial charge in [0.25, 0.3) is 0 Å². The summed E-state index contributed by atoms with van der Waals surface area (Å²) < 4.78 is 31.9. The normalized spacial score (nSPS) is 20.2. The van der Waals surface area contributed by atoms with Crippen LogP contribution in [0.5, 0.6) is 0 Å². The van der Waals surface area contributed by atoms with Gasteiger partial charge in [0, 0.05) is 24.8 Å². The van der Waals surface area contributed by atoms with Crippen LogP contribution in [0, 0.1) is 0 Å². The smallest absolute Gasteiger partial charge is 0.243 e. The van der Waals surface area contributed by atoms with E-state index in [1.807, 2.05) is 0 Å². The van der Waals surface area contributed by atoms with E-state index in [-0.39, 0.29) is 0 Å². The van der Waals surface area contributed by atoms with Crippen molar-refractivity contribution in [3.63, 3.8) is 0 Å². The van der Waals surface area contributed by atoms with Crippen LogP contribution < -0.4 is 10.6 Å². The van der Waals surface area contributed by atoms with Crippen molar-refractivity contribution in [1.82, 2.24) is 9.62 Å². The van der Waals surface area contributed by atoms with Crippen LogP contribution in [0.4, 0.5) is 5.69 Å². The third-order valence-electron chi connectivity index (χ3n) is 4.66. The van der Waals surface area contributed by atoms with Crippen molar-refractivity contribution >= 4 is 33.0 Å². The van der Waals surface area contributed by atoms with Crippen molar-refractivity contribution in [2.75, 3.05) is 31.6 Å². The Balaban J connectivity index is 1.58. The van der Waals surface area contributed by atoms with Crippen LogP contribution in [-0.4, -0.2) is 50.2 Å². The molecule has 138 valence electrons. The Bertz CT molecular complexity index is 680. The summed E-state index contributed by atoms with van der Waals surface area (Å²) in [5, 5.41) is 7.08. The molecule has 1 aliphatic carbocycles. The number of benzene rings is 1. The Morgan fingerprint density at radius 1 is 1.08 bits per heavy atom. The summed E-state index contributed by atoms with van der Waals surface area (Å²) in [6.07, 6.45) is 6.09. The summed E-state index contributed by atoms with van der Waals surface area (Å²) in [5.74, 6) is 0. The Morgan fingerprint density at radius 3 is 2.36 bits per heavy atom. The number of nitrogens with one attached hydrogen (secondary N) is 2. The molecule has 2 aliphatic rings. The minimum Gasteiger partial charge on any atom is -0.379 e. The first-order valence-electron chi connectivity index (χ1n) is 8.81. The minimum atomic E-state index is -3.45. The molecule has 2 fully saturated rings. The van der Waals surface area contributed by atoms with E-state index in [4.69, 9.17) is 17.0 Å². The molecule has 0 amide bonds. The fraction of sp³-hybridized carbons (Fsp3) is 0.588. The van der Waals surface area contributed by atoms with Crippen LogP contribution in [0.1, 0.15) is 32.1 Å². The monoisotopic (exact) mass is 383 g/mol. The van der Waals surface area contributed by atoms with E-state index in [1.165, 1.54) is 23.6 Å². The summed E-state index contributed by atoms with van der Waals surface area (Å²) in [7, 11) is -3.45. The molecule has 0 spiro atoms. The van der Waals surface area contributed by atoms with Gasteiger partial charge in [-0.3, -0.25) is 0 Å². The lowest BCUT2D eigenvalue weighted by Crippen LogP contribution is -2.40. The summed E-state index contributed by atoms with van der Waals surface area (Å²) in [4.78, 5) is 0.297. The summed E-state index contributed by atoms with van der Waals surface area (Å²) in [6.45, 7) is 1.69. The van der Waals surface area contributed by atoms with E-state index < -0.39 is 10.0 Å². The molecule has 0 radical (unpaired) electrons. The number of rotatable bonds is 4. The number of nitrogens with zero attached hydrogens (tertiary/aromatic N) is 1. The van der Waals surface area contributed by atoms with Gasteiger partial charge in [0.05, 0.1) is 18.1 Å². The molecule has 0 bridgehead atoms.